The number of amides is 1. The molecule has 5 nitrogen and oxygen atoms in total. The van der Waals surface area contributed by atoms with Gasteiger partial charge in [-0.2, -0.15) is 0 Å². The Hall–Kier alpha value is -1.59. The number of hydrogen-bond acceptors (Lipinski definition) is 4. The lowest BCUT2D eigenvalue weighted by Crippen LogP contribution is -2.57. The average molecular weight is 343 g/mol. The first-order valence-electron chi connectivity index (χ1n) is 9.63. The number of rotatable bonds is 3. The maximum Gasteiger partial charge on any atom is 0.410 e. The number of cyclic esters (lactones) is 1. The van der Waals surface area contributed by atoms with Crippen molar-refractivity contribution in [2.45, 2.75) is 50.2 Å². The molecule has 0 unspecified atom stereocenters. The van der Waals surface area contributed by atoms with E-state index in [2.05, 4.69) is 29.3 Å². The molecule has 5 heteroatoms. The number of carbonyl (C=O) groups excluding carboxylic acids is 1. The summed E-state index contributed by atoms with van der Waals surface area (Å²) in [5.74, 6) is 0. The zero-order valence-electron chi connectivity index (χ0n) is 15.1. The molecule has 4 rings (SSSR count). The third-order valence-electron chi connectivity index (χ3n) is 6.40. The van der Waals surface area contributed by atoms with Crippen molar-refractivity contribution in [1.29, 1.82) is 0 Å². The van der Waals surface area contributed by atoms with E-state index in [-0.39, 0.29) is 12.1 Å². The second-order valence-electron chi connectivity index (χ2n) is 7.88. The van der Waals surface area contributed by atoms with Crippen molar-refractivity contribution in [3.8, 4) is 0 Å². The highest BCUT2D eigenvalue weighted by molar-refractivity contribution is 5.71. The largest absolute Gasteiger partial charge is 0.447 e. The van der Waals surface area contributed by atoms with E-state index in [1.807, 2.05) is 23.1 Å². The van der Waals surface area contributed by atoms with Gasteiger partial charge >= 0.3 is 6.09 Å². The molecule has 0 radical (unpaired) electrons. The summed E-state index contributed by atoms with van der Waals surface area (Å²) in [6.07, 6.45) is 4.38. The minimum atomic E-state index is -0.139. The van der Waals surface area contributed by atoms with Gasteiger partial charge in [-0.15, -0.1) is 0 Å². The summed E-state index contributed by atoms with van der Waals surface area (Å²) >= 11 is 0. The van der Waals surface area contributed by atoms with Gasteiger partial charge in [-0.1, -0.05) is 30.3 Å². The molecule has 0 aromatic heterocycles. The Balaban J connectivity index is 1.43. The highest BCUT2D eigenvalue weighted by Crippen LogP contribution is 2.35. The van der Waals surface area contributed by atoms with Gasteiger partial charge in [0.15, 0.2) is 0 Å². The van der Waals surface area contributed by atoms with Crippen LogP contribution in [0.3, 0.4) is 0 Å². The van der Waals surface area contributed by atoms with E-state index in [9.17, 15) is 4.79 Å². The fourth-order valence-corrected chi connectivity index (χ4v) is 4.73. The molecule has 1 atom stereocenters. The Labute approximate surface area is 150 Å². The minimum Gasteiger partial charge on any atom is -0.447 e. The molecular formula is C20H29N3O2. The second-order valence-corrected chi connectivity index (χ2v) is 7.88. The van der Waals surface area contributed by atoms with E-state index in [1.54, 1.807) is 0 Å². The van der Waals surface area contributed by atoms with Gasteiger partial charge in [0.2, 0.25) is 0 Å². The smallest absolute Gasteiger partial charge is 0.410 e. The number of piperidine rings is 2. The van der Waals surface area contributed by atoms with Gasteiger partial charge in [0.05, 0.1) is 6.04 Å². The van der Waals surface area contributed by atoms with Crippen molar-refractivity contribution in [3.63, 3.8) is 0 Å². The lowest BCUT2D eigenvalue weighted by molar-refractivity contribution is 0.0260. The van der Waals surface area contributed by atoms with E-state index < -0.39 is 0 Å². The van der Waals surface area contributed by atoms with Gasteiger partial charge in [0.25, 0.3) is 0 Å². The molecule has 1 aromatic rings. The minimum absolute atomic E-state index is 0.0692. The Morgan fingerprint density at radius 2 is 1.80 bits per heavy atom. The number of benzene rings is 1. The predicted octanol–water partition coefficient (Wildman–Crippen LogP) is 2.79. The molecule has 3 aliphatic rings. The van der Waals surface area contributed by atoms with Crippen LogP contribution >= 0.6 is 0 Å². The van der Waals surface area contributed by atoms with Crippen molar-refractivity contribution in [1.82, 2.24) is 15.1 Å². The first-order chi connectivity index (χ1) is 12.2. The van der Waals surface area contributed by atoms with Crippen LogP contribution in [0.2, 0.25) is 0 Å². The fourth-order valence-electron chi connectivity index (χ4n) is 4.73. The Bertz CT molecular complexity index is 592. The monoisotopic (exact) mass is 343 g/mol. The van der Waals surface area contributed by atoms with Crippen molar-refractivity contribution in [3.05, 3.63) is 35.9 Å². The molecule has 0 saturated carbocycles. The molecule has 0 bridgehead atoms. The van der Waals surface area contributed by atoms with E-state index in [1.165, 1.54) is 18.4 Å². The topological polar surface area (TPSA) is 44.8 Å². The molecule has 0 aliphatic carbocycles. The van der Waals surface area contributed by atoms with E-state index in [0.717, 1.165) is 39.0 Å². The van der Waals surface area contributed by atoms with Crippen LogP contribution in [0.25, 0.3) is 0 Å². The Morgan fingerprint density at radius 1 is 1.12 bits per heavy atom. The summed E-state index contributed by atoms with van der Waals surface area (Å²) in [7, 11) is 0. The van der Waals surface area contributed by atoms with Crippen molar-refractivity contribution < 1.29 is 9.53 Å². The van der Waals surface area contributed by atoms with E-state index in [0.29, 0.717) is 18.2 Å². The van der Waals surface area contributed by atoms with Gasteiger partial charge in [0.1, 0.15) is 6.61 Å². The summed E-state index contributed by atoms with van der Waals surface area (Å²) in [4.78, 5) is 17.1. The molecular weight excluding hydrogens is 314 g/mol. The standard InChI is InChI=1S/C20H29N3O2/c1-20(9-11-21-12-10-20)22-13-7-17(8-14-22)23-18(15-25-19(23)24)16-5-3-2-4-6-16/h2-6,17-18,21H,7-15H2,1H3/t18-/m0/s1. The van der Waals surface area contributed by atoms with Gasteiger partial charge < -0.3 is 10.1 Å². The lowest BCUT2D eigenvalue weighted by atomic mass is 9.86. The molecule has 136 valence electrons. The number of nitrogens with one attached hydrogen (secondary N) is 1. The molecule has 1 N–H and O–H groups in total. The summed E-state index contributed by atoms with van der Waals surface area (Å²) < 4.78 is 5.41. The third kappa shape index (κ3) is 3.27. The van der Waals surface area contributed by atoms with Crippen LogP contribution in [0.1, 0.15) is 44.2 Å². The van der Waals surface area contributed by atoms with Crippen LogP contribution in [0, 0.1) is 0 Å². The Morgan fingerprint density at radius 3 is 2.48 bits per heavy atom. The number of nitrogens with zero attached hydrogens (tertiary/aromatic N) is 2. The van der Waals surface area contributed by atoms with Crippen molar-refractivity contribution >= 4 is 6.09 Å². The van der Waals surface area contributed by atoms with E-state index in [4.69, 9.17) is 4.74 Å². The first kappa shape index (κ1) is 16.9. The molecule has 25 heavy (non-hydrogen) atoms. The summed E-state index contributed by atoms with van der Waals surface area (Å²) in [5, 5.41) is 3.47. The maximum atomic E-state index is 12.4. The van der Waals surface area contributed by atoms with Crippen LogP contribution in [-0.2, 0) is 4.74 Å². The molecule has 3 heterocycles. The molecule has 1 amide bonds. The molecule has 3 saturated heterocycles. The first-order valence-corrected chi connectivity index (χ1v) is 9.63. The third-order valence-corrected chi connectivity index (χ3v) is 6.40. The van der Waals surface area contributed by atoms with Gasteiger partial charge in [0, 0.05) is 24.7 Å². The predicted molar refractivity (Wildman–Crippen MR) is 97.5 cm³/mol. The van der Waals surface area contributed by atoms with Crippen molar-refractivity contribution in [2.24, 2.45) is 0 Å². The number of ether oxygens (including phenoxy) is 1. The van der Waals surface area contributed by atoms with Crippen LogP contribution in [0.4, 0.5) is 4.79 Å². The average Bonchev–Trinajstić information content (AvgIpc) is 3.05. The van der Waals surface area contributed by atoms with Gasteiger partial charge in [-0.3, -0.25) is 9.80 Å². The highest BCUT2D eigenvalue weighted by atomic mass is 16.6. The number of hydrogen-bond donors (Lipinski definition) is 1. The van der Waals surface area contributed by atoms with Crippen LogP contribution in [-0.4, -0.2) is 60.3 Å². The SMILES string of the molecule is CC1(N2CCC(N3C(=O)OC[C@H]3c3ccccc3)CC2)CCNCC1. The van der Waals surface area contributed by atoms with Crippen LogP contribution in [0.5, 0.6) is 0 Å². The van der Waals surface area contributed by atoms with Crippen LogP contribution in [0.15, 0.2) is 30.3 Å². The second kappa shape index (κ2) is 6.96. The molecule has 3 fully saturated rings. The number of likely N-dealkylation sites (tertiary alicyclic amines) is 1. The highest BCUT2D eigenvalue weighted by Gasteiger charge is 2.42. The summed E-state index contributed by atoms with van der Waals surface area (Å²) in [5.41, 5.74) is 1.50. The van der Waals surface area contributed by atoms with Gasteiger partial charge in [-0.05, 0) is 51.3 Å². The molecule has 3 aliphatic heterocycles. The van der Waals surface area contributed by atoms with Gasteiger partial charge in [-0.25, -0.2) is 4.79 Å². The quantitative estimate of drug-likeness (QED) is 0.917. The van der Waals surface area contributed by atoms with Crippen molar-refractivity contribution in [2.75, 3.05) is 32.8 Å². The lowest BCUT2D eigenvalue weighted by Gasteiger charge is -2.48. The summed E-state index contributed by atoms with van der Waals surface area (Å²) in [6.45, 7) is 7.27. The Kier molecular flexibility index (Phi) is 4.69. The molecule has 0 spiro atoms. The zero-order chi connectivity index (χ0) is 17.3. The maximum absolute atomic E-state index is 12.4. The normalized spacial score (nSPS) is 28.1. The summed E-state index contributed by atoms with van der Waals surface area (Å²) in [6, 6.07) is 10.7. The number of carbonyl (C=O) groups is 1. The zero-order valence-corrected chi connectivity index (χ0v) is 15.1. The molecule has 1 aromatic carbocycles. The van der Waals surface area contributed by atoms with E-state index >= 15 is 0 Å². The van der Waals surface area contributed by atoms with Crippen LogP contribution < -0.4 is 5.32 Å². The fraction of sp³-hybridized carbons (Fsp3) is 0.650.